The molecule has 106 valence electrons. The highest BCUT2D eigenvalue weighted by molar-refractivity contribution is 7.99. The Morgan fingerprint density at radius 3 is 2.44 bits per heavy atom. The molecule has 0 heterocycles. The summed E-state index contributed by atoms with van der Waals surface area (Å²) in [6.45, 7) is 9.17. The zero-order chi connectivity index (χ0) is 14.2. The van der Waals surface area contributed by atoms with Crippen LogP contribution in [0.5, 0.6) is 0 Å². The van der Waals surface area contributed by atoms with Gasteiger partial charge < -0.3 is 10.1 Å². The number of carbonyl (C=O) groups excluding carboxylic acids is 2. The summed E-state index contributed by atoms with van der Waals surface area (Å²) in [7, 11) is 0. The Morgan fingerprint density at radius 2 is 1.94 bits per heavy atom. The maximum atomic E-state index is 11.6. The summed E-state index contributed by atoms with van der Waals surface area (Å²) in [6.07, 6.45) is 2.24. The lowest BCUT2D eigenvalue weighted by atomic mass is 10.2. The number of ether oxygens (including phenoxy) is 1. The van der Waals surface area contributed by atoms with E-state index in [9.17, 15) is 9.59 Å². The van der Waals surface area contributed by atoms with Crippen LogP contribution >= 0.6 is 11.8 Å². The number of hydrogen-bond acceptors (Lipinski definition) is 4. The number of hydrogen-bond donors (Lipinski definition) is 1. The van der Waals surface area contributed by atoms with Crippen molar-refractivity contribution in [3.8, 4) is 0 Å². The minimum Gasteiger partial charge on any atom is -0.458 e. The summed E-state index contributed by atoms with van der Waals surface area (Å²) in [5.41, 5.74) is -0.522. The van der Waals surface area contributed by atoms with Gasteiger partial charge >= 0.3 is 5.97 Å². The predicted molar refractivity (Wildman–Crippen MR) is 75.7 cm³/mol. The molecule has 1 atom stereocenters. The number of rotatable bonds is 7. The van der Waals surface area contributed by atoms with E-state index in [1.165, 1.54) is 0 Å². The van der Waals surface area contributed by atoms with Gasteiger partial charge in [-0.3, -0.25) is 4.79 Å². The molecule has 0 unspecified atom stereocenters. The molecule has 0 aromatic carbocycles. The number of carbonyl (C=O) groups is 2. The highest BCUT2D eigenvalue weighted by Gasteiger charge is 2.22. The molecule has 0 saturated carbocycles. The van der Waals surface area contributed by atoms with E-state index in [2.05, 4.69) is 12.2 Å². The quantitative estimate of drug-likeness (QED) is 0.572. The van der Waals surface area contributed by atoms with Gasteiger partial charge in [0.15, 0.2) is 0 Å². The molecule has 0 rings (SSSR count). The fourth-order valence-electron chi connectivity index (χ4n) is 1.14. The Hall–Kier alpha value is -0.710. The summed E-state index contributed by atoms with van der Waals surface area (Å²) in [4.78, 5) is 23.2. The molecule has 18 heavy (non-hydrogen) atoms. The van der Waals surface area contributed by atoms with Crippen LogP contribution < -0.4 is 5.32 Å². The molecule has 1 amide bonds. The molecule has 0 aromatic rings. The zero-order valence-electron chi connectivity index (χ0n) is 12.0. The van der Waals surface area contributed by atoms with Crippen LogP contribution in [0.25, 0.3) is 0 Å². The van der Waals surface area contributed by atoms with E-state index in [-0.39, 0.29) is 5.91 Å². The van der Waals surface area contributed by atoms with Crippen LogP contribution in [0.15, 0.2) is 0 Å². The summed E-state index contributed by atoms with van der Waals surface area (Å²) >= 11 is 1.59. The Balaban J connectivity index is 3.89. The van der Waals surface area contributed by atoms with Crippen molar-refractivity contribution in [2.24, 2.45) is 0 Å². The van der Waals surface area contributed by atoms with Crippen LogP contribution in [0, 0.1) is 0 Å². The van der Waals surface area contributed by atoms with Gasteiger partial charge in [-0.25, -0.2) is 4.79 Å². The zero-order valence-corrected chi connectivity index (χ0v) is 12.9. The molecule has 0 aliphatic heterocycles. The van der Waals surface area contributed by atoms with Crippen molar-refractivity contribution in [1.82, 2.24) is 5.32 Å². The van der Waals surface area contributed by atoms with Gasteiger partial charge in [0, 0.05) is 0 Å². The van der Waals surface area contributed by atoms with Gasteiger partial charge in [-0.15, -0.1) is 0 Å². The predicted octanol–water partition coefficient (Wildman–Crippen LogP) is 2.37. The third-order valence-electron chi connectivity index (χ3n) is 2.01. The summed E-state index contributed by atoms with van der Waals surface area (Å²) in [6, 6.07) is -0.594. The molecule has 0 saturated heterocycles. The Kier molecular flexibility index (Phi) is 8.07. The van der Waals surface area contributed by atoms with Crippen LogP contribution in [0.4, 0.5) is 0 Å². The summed E-state index contributed by atoms with van der Waals surface area (Å²) in [5.74, 6) is 0.863. The molecule has 0 fully saturated rings. The normalized spacial score (nSPS) is 12.9. The third-order valence-corrected chi connectivity index (χ3v) is 3.06. The van der Waals surface area contributed by atoms with E-state index in [4.69, 9.17) is 4.74 Å². The molecule has 0 radical (unpaired) electrons. The number of unbranched alkanes of at least 4 members (excludes halogenated alkanes) is 1. The minimum absolute atomic E-state index is 0.116. The van der Waals surface area contributed by atoms with Crippen LogP contribution in [0.2, 0.25) is 0 Å². The fraction of sp³-hybridized carbons (Fsp3) is 0.846. The van der Waals surface area contributed by atoms with Gasteiger partial charge in [-0.1, -0.05) is 13.3 Å². The first-order valence-electron chi connectivity index (χ1n) is 6.36. The van der Waals surface area contributed by atoms with Crippen LogP contribution in [-0.4, -0.2) is 35.0 Å². The van der Waals surface area contributed by atoms with E-state index >= 15 is 0 Å². The topological polar surface area (TPSA) is 55.4 Å². The summed E-state index contributed by atoms with van der Waals surface area (Å²) < 4.78 is 5.18. The van der Waals surface area contributed by atoms with Crippen LogP contribution in [0.3, 0.4) is 0 Å². The molecule has 0 aliphatic rings. The molecular weight excluding hydrogens is 250 g/mol. The fourth-order valence-corrected chi connectivity index (χ4v) is 2.05. The SMILES string of the molecule is CCCCSCC(=O)N[C@H](C)C(=O)OC(C)(C)C. The van der Waals surface area contributed by atoms with Crippen LogP contribution in [0.1, 0.15) is 47.5 Å². The molecule has 0 aliphatic carbocycles. The van der Waals surface area contributed by atoms with Crippen molar-refractivity contribution in [2.75, 3.05) is 11.5 Å². The van der Waals surface area contributed by atoms with Gasteiger partial charge in [-0.05, 0) is 39.9 Å². The standard InChI is InChI=1S/C13H25NO3S/c1-6-7-8-18-9-11(15)14-10(2)12(16)17-13(3,4)5/h10H,6-9H2,1-5H3,(H,14,15)/t10-/m1/s1. The Labute approximate surface area is 114 Å². The lowest BCUT2D eigenvalue weighted by molar-refractivity contribution is -0.157. The van der Waals surface area contributed by atoms with Crippen molar-refractivity contribution >= 4 is 23.6 Å². The Bertz CT molecular complexity index is 274. The van der Waals surface area contributed by atoms with Gasteiger partial charge in [0.2, 0.25) is 5.91 Å². The van der Waals surface area contributed by atoms with Gasteiger partial charge in [0.1, 0.15) is 11.6 Å². The van der Waals surface area contributed by atoms with Crippen molar-refractivity contribution in [2.45, 2.75) is 59.1 Å². The molecular formula is C13H25NO3S. The van der Waals surface area contributed by atoms with Crippen LogP contribution in [-0.2, 0) is 14.3 Å². The average molecular weight is 275 g/mol. The van der Waals surface area contributed by atoms with Crippen molar-refractivity contribution in [1.29, 1.82) is 0 Å². The van der Waals surface area contributed by atoms with Gasteiger partial charge in [0.25, 0.3) is 0 Å². The second-order valence-corrected chi connectivity index (χ2v) is 6.33. The minimum atomic E-state index is -0.594. The smallest absolute Gasteiger partial charge is 0.328 e. The first kappa shape index (κ1) is 17.3. The number of amides is 1. The van der Waals surface area contributed by atoms with E-state index in [0.29, 0.717) is 5.75 Å². The van der Waals surface area contributed by atoms with E-state index < -0.39 is 17.6 Å². The first-order valence-corrected chi connectivity index (χ1v) is 7.51. The number of esters is 1. The lowest BCUT2D eigenvalue weighted by Crippen LogP contribution is -2.42. The Morgan fingerprint density at radius 1 is 1.33 bits per heavy atom. The van der Waals surface area contributed by atoms with Crippen molar-refractivity contribution < 1.29 is 14.3 Å². The second-order valence-electron chi connectivity index (χ2n) is 5.23. The first-order chi connectivity index (χ1) is 8.26. The van der Waals surface area contributed by atoms with E-state index in [0.717, 1.165) is 18.6 Å². The van der Waals surface area contributed by atoms with Crippen molar-refractivity contribution in [3.63, 3.8) is 0 Å². The molecule has 5 heteroatoms. The van der Waals surface area contributed by atoms with E-state index in [1.807, 2.05) is 0 Å². The third kappa shape index (κ3) is 9.33. The summed E-state index contributed by atoms with van der Waals surface area (Å²) in [5, 5.41) is 2.64. The second kappa shape index (κ2) is 8.40. The largest absolute Gasteiger partial charge is 0.458 e. The molecule has 1 N–H and O–H groups in total. The maximum Gasteiger partial charge on any atom is 0.328 e. The lowest BCUT2D eigenvalue weighted by Gasteiger charge is -2.22. The van der Waals surface area contributed by atoms with Crippen molar-refractivity contribution in [3.05, 3.63) is 0 Å². The maximum absolute atomic E-state index is 11.6. The average Bonchev–Trinajstić information content (AvgIpc) is 2.22. The molecule has 0 bridgehead atoms. The highest BCUT2D eigenvalue weighted by Crippen LogP contribution is 2.08. The van der Waals surface area contributed by atoms with E-state index in [1.54, 1.807) is 39.5 Å². The number of thioether (sulfide) groups is 1. The monoisotopic (exact) mass is 275 g/mol. The van der Waals surface area contributed by atoms with Gasteiger partial charge in [0.05, 0.1) is 5.75 Å². The molecule has 0 spiro atoms. The molecule has 4 nitrogen and oxygen atoms in total. The molecule has 0 aromatic heterocycles. The highest BCUT2D eigenvalue weighted by atomic mass is 32.2. The number of nitrogens with one attached hydrogen (secondary N) is 1. The van der Waals surface area contributed by atoms with Gasteiger partial charge in [-0.2, -0.15) is 11.8 Å².